The maximum atomic E-state index is 14.4. The molecule has 2 aliphatic carbocycles. The second-order valence-electron chi connectivity index (χ2n) is 21.5. The maximum Gasteiger partial charge on any atom is 0.297 e. The summed E-state index contributed by atoms with van der Waals surface area (Å²) in [6.45, 7) is 11.2. The minimum Gasteiger partial charge on any atom is -0.489 e. The lowest BCUT2D eigenvalue weighted by atomic mass is 9.59. The highest BCUT2D eigenvalue weighted by molar-refractivity contribution is 7.90. The first-order valence-corrected chi connectivity index (χ1v) is 27.0. The number of anilines is 2. The van der Waals surface area contributed by atoms with Gasteiger partial charge in [0.25, 0.3) is 27.5 Å². The van der Waals surface area contributed by atoms with Gasteiger partial charge in [0, 0.05) is 67.8 Å². The van der Waals surface area contributed by atoms with Crippen LogP contribution >= 0.6 is 0 Å². The van der Waals surface area contributed by atoms with E-state index in [2.05, 4.69) is 67.9 Å². The van der Waals surface area contributed by atoms with E-state index < -0.39 is 37.0 Å². The number of aliphatic hydroxyl groups is 1. The smallest absolute Gasteiger partial charge is 0.297 e. The molecule has 4 N–H and O–H groups in total. The molecule has 3 atom stereocenters. The summed E-state index contributed by atoms with van der Waals surface area (Å²) in [7, 11) is -3.15. The van der Waals surface area contributed by atoms with Crippen molar-refractivity contribution in [3.8, 4) is 23.1 Å². The van der Waals surface area contributed by atoms with E-state index in [-0.39, 0.29) is 71.1 Å². The zero-order chi connectivity index (χ0) is 50.5. The number of likely N-dealkylation sites (tertiary alicyclic amines) is 1. The van der Waals surface area contributed by atoms with Gasteiger partial charge in [-0.05, 0) is 137 Å². The van der Waals surface area contributed by atoms with Crippen LogP contribution in [-0.4, -0.2) is 103 Å². The molecular weight excluding hydrogens is 939 g/mol. The molecule has 3 aliphatic heterocycles. The third-order valence-electron chi connectivity index (χ3n) is 16.2. The van der Waals surface area contributed by atoms with E-state index in [0.29, 0.717) is 49.3 Å². The van der Waals surface area contributed by atoms with Crippen LogP contribution in [0.25, 0.3) is 11.0 Å². The molecule has 5 aromatic rings. The fraction of sp³-hybridized carbons (Fsp3) is 0.519. The van der Waals surface area contributed by atoms with Crippen molar-refractivity contribution < 1.29 is 42.2 Å². The van der Waals surface area contributed by atoms with Crippen LogP contribution < -0.4 is 29.1 Å². The Kier molecular flexibility index (Phi) is 13.7. The molecule has 4 fully saturated rings. The van der Waals surface area contributed by atoms with Crippen LogP contribution in [0.2, 0.25) is 0 Å². The number of carbonyl (C=O) groups excluding carboxylic acids is 1. The van der Waals surface area contributed by atoms with Crippen LogP contribution in [0, 0.1) is 21.4 Å². The normalized spacial score (nSPS) is 23.8. The molecule has 5 aliphatic rings. The van der Waals surface area contributed by atoms with Gasteiger partial charge >= 0.3 is 0 Å². The van der Waals surface area contributed by atoms with Crippen molar-refractivity contribution in [1.29, 1.82) is 0 Å². The molecule has 2 saturated heterocycles. The minimum atomic E-state index is -4.72. The summed E-state index contributed by atoms with van der Waals surface area (Å²) in [6.07, 6.45) is 10.8. The number of piperidine rings is 1. The Bertz CT molecular complexity index is 2930. The molecule has 0 bridgehead atoms. The van der Waals surface area contributed by atoms with E-state index in [0.717, 1.165) is 49.6 Å². The number of aromatic nitrogens is 2. The van der Waals surface area contributed by atoms with Crippen molar-refractivity contribution in [3.63, 3.8) is 0 Å². The van der Waals surface area contributed by atoms with Crippen molar-refractivity contribution in [3.05, 3.63) is 99.7 Å². The van der Waals surface area contributed by atoms with E-state index in [1.807, 2.05) is 13.0 Å². The number of amides is 1. The van der Waals surface area contributed by atoms with Crippen molar-refractivity contribution in [2.45, 2.75) is 133 Å². The van der Waals surface area contributed by atoms with Gasteiger partial charge in [-0.1, -0.05) is 38.1 Å². The summed E-state index contributed by atoms with van der Waals surface area (Å²) in [6, 6.07) is 20.5. The number of benzene rings is 3. The molecule has 72 heavy (non-hydrogen) atoms. The van der Waals surface area contributed by atoms with Crippen molar-refractivity contribution in [2.24, 2.45) is 11.3 Å². The first kappa shape index (κ1) is 49.6. The van der Waals surface area contributed by atoms with Gasteiger partial charge in [-0.25, -0.2) is 13.1 Å². The molecule has 2 saturated carbocycles. The van der Waals surface area contributed by atoms with Crippen LogP contribution in [0.4, 0.5) is 17.1 Å². The van der Waals surface area contributed by atoms with Crippen molar-refractivity contribution in [1.82, 2.24) is 19.6 Å². The zero-order valence-electron chi connectivity index (χ0n) is 41.8. The molecule has 384 valence electrons. The number of nitro groups is 1. The molecular formula is C54H67N7O10S. The third kappa shape index (κ3) is 10.1. The molecule has 1 spiro atoms. The van der Waals surface area contributed by atoms with Crippen LogP contribution in [0.15, 0.2) is 77.8 Å². The second kappa shape index (κ2) is 19.8. The molecule has 0 radical (unpaired) electrons. The van der Waals surface area contributed by atoms with Gasteiger partial charge in [0.1, 0.15) is 24.6 Å². The standard InChI is InChI=1S/C54H67N7O10S/c1-33(2)40-9-6-7-10-41(40)44-11-8-22-60(44)38-29-54(30-38)19-23-59(24-20-54)37-12-13-42(46(26-37)71-48-25-36-16-21-55-50(36)57-52(48)70-31-34(3)68-5)51(62)58-72(66,67)39-27-45(61(64)65)49-47(28-39)69-32-43(56-49)35-14-17-53(4,63)18-15-35/h6-7,9-10,12-13,16,21,25-28,33-35,38,43-44,56,63H,8,11,14-15,17-20,22-24,29-32H2,1-5H3,(H,55,57)(H,58,62)/t34-,35?,43+,44-,53?/m0/s1. The van der Waals surface area contributed by atoms with Gasteiger partial charge < -0.3 is 39.3 Å². The maximum absolute atomic E-state index is 14.4. The molecule has 18 heteroatoms. The average molecular weight is 1010 g/mol. The number of pyridine rings is 1. The monoisotopic (exact) mass is 1010 g/mol. The highest BCUT2D eigenvalue weighted by Gasteiger charge is 2.50. The lowest BCUT2D eigenvalue weighted by Gasteiger charge is -2.56. The summed E-state index contributed by atoms with van der Waals surface area (Å²) >= 11 is 0. The van der Waals surface area contributed by atoms with Gasteiger partial charge in [-0.2, -0.15) is 4.98 Å². The Morgan fingerprint density at radius 1 is 1.00 bits per heavy atom. The van der Waals surface area contributed by atoms with E-state index in [1.165, 1.54) is 42.9 Å². The summed E-state index contributed by atoms with van der Waals surface area (Å²) in [4.78, 5) is 38.5. The highest BCUT2D eigenvalue weighted by atomic mass is 32.2. The largest absolute Gasteiger partial charge is 0.489 e. The number of H-pyrrole nitrogens is 1. The number of rotatable bonds is 15. The predicted octanol–water partition coefficient (Wildman–Crippen LogP) is 9.62. The molecule has 1 amide bonds. The first-order valence-electron chi connectivity index (χ1n) is 25.6. The number of ether oxygens (including phenoxy) is 4. The van der Waals surface area contributed by atoms with Gasteiger partial charge in [0.05, 0.1) is 33.1 Å². The van der Waals surface area contributed by atoms with Crippen LogP contribution in [0.3, 0.4) is 0 Å². The Labute approximate surface area is 421 Å². The van der Waals surface area contributed by atoms with Gasteiger partial charge in [-0.3, -0.25) is 19.8 Å². The van der Waals surface area contributed by atoms with Crippen molar-refractivity contribution in [2.75, 3.05) is 50.2 Å². The Morgan fingerprint density at radius 2 is 1.76 bits per heavy atom. The number of fused-ring (bicyclic) bond motifs is 2. The van der Waals surface area contributed by atoms with Crippen LogP contribution in [0.1, 0.15) is 125 Å². The molecule has 5 heterocycles. The Balaban J connectivity index is 0.894. The predicted molar refractivity (Wildman–Crippen MR) is 274 cm³/mol. The van der Waals surface area contributed by atoms with Gasteiger partial charge in [0.15, 0.2) is 17.2 Å². The fourth-order valence-corrected chi connectivity index (χ4v) is 12.9. The molecule has 2 aromatic heterocycles. The number of carbonyl (C=O) groups is 1. The van der Waals surface area contributed by atoms with Gasteiger partial charge in [-0.15, -0.1) is 0 Å². The summed E-state index contributed by atoms with van der Waals surface area (Å²) in [5.74, 6) is -0.0601. The van der Waals surface area contributed by atoms with E-state index in [9.17, 15) is 28.4 Å². The molecule has 3 aromatic carbocycles. The zero-order valence-corrected chi connectivity index (χ0v) is 42.6. The second-order valence-corrected chi connectivity index (χ2v) is 23.2. The number of nitrogens with one attached hydrogen (secondary N) is 3. The quantitative estimate of drug-likeness (QED) is 0.0569. The topological polar surface area (TPSA) is 211 Å². The Hall–Kier alpha value is -5.95. The lowest BCUT2D eigenvalue weighted by molar-refractivity contribution is -0.384. The van der Waals surface area contributed by atoms with Crippen LogP contribution in [-0.2, 0) is 14.8 Å². The number of methoxy groups -OCH3 is 1. The number of sulfonamides is 1. The number of hydrogen-bond acceptors (Lipinski definition) is 14. The summed E-state index contributed by atoms with van der Waals surface area (Å²) in [5, 5.41) is 27.0. The Morgan fingerprint density at radius 3 is 2.50 bits per heavy atom. The van der Waals surface area contributed by atoms with E-state index in [1.54, 1.807) is 44.5 Å². The molecule has 10 rings (SSSR count). The first-order chi connectivity index (χ1) is 34.5. The SMILES string of the molecule is CO[C@@H](C)COc1nc2[nH]ccc2cc1Oc1cc(N2CCC3(CC2)CC(N2CCC[C@H]2c2ccccc2C(C)C)C3)ccc1C(=O)NS(=O)(=O)c1cc2c(c([N+](=O)[O-])c1)N[C@@H](C1CCC(C)(O)CC1)CO2. The average Bonchev–Trinajstić information content (AvgIpc) is 4.04. The minimum absolute atomic E-state index is 0.0131. The van der Waals surface area contributed by atoms with E-state index >= 15 is 0 Å². The molecule has 0 unspecified atom stereocenters. The number of aromatic amines is 1. The van der Waals surface area contributed by atoms with Crippen molar-refractivity contribution >= 4 is 44.0 Å². The van der Waals surface area contributed by atoms with E-state index in [4.69, 9.17) is 18.9 Å². The molecule has 17 nitrogen and oxygen atoms in total. The lowest BCUT2D eigenvalue weighted by Crippen LogP contribution is -2.54. The number of nitrogens with zero attached hydrogens (tertiary/aromatic N) is 4. The number of hydrogen-bond donors (Lipinski definition) is 4. The fourth-order valence-electron chi connectivity index (χ4n) is 11.9. The summed E-state index contributed by atoms with van der Waals surface area (Å²) in [5.41, 5.74) is 3.26. The third-order valence-corrected chi connectivity index (χ3v) is 17.5. The van der Waals surface area contributed by atoms with Crippen LogP contribution in [0.5, 0.6) is 23.1 Å². The number of nitro benzene ring substituents is 1. The highest BCUT2D eigenvalue weighted by Crippen LogP contribution is 2.54. The summed E-state index contributed by atoms with van der Waals surface area (Å²) < 4.78 is 54.6. The van der Waals surface area contributed by atoms with Gasteiger partial charge in [0.2, 0.25) is 0 Å².